The van der Waals surface area contributed by atoms with Gasteiger partial charge in [0.05, 0.1) is 11.4 Å². The van der Waals surface area contributed by atoms with Gasteiger partial charge >= 0.3 is 6.09 Å². The fourth-order valence-electron chi connectivity index (χ4n) is 5.03. The number of oxime groups is 1. The molecular formula is C26H35N5O3. The van der Waals surface area contributed by atoms with E-state index in [1.54, 1.807) is 7.11 Å². The number of piperidine rings is 1. The number of fused-ring (bicyclic) bond motifs is 3. The van der Waals surface area contributed by atoms with Gasteiger partial charge < -0.3 is 20.2 Å². The van der Waals surface area contributed by atoms with Crippen LogP contribution in [0, 0.1) is 5.92 Å². The summed E-state index contributed by atoms with van der Waals surface area (Å²) in [6.07, 6.45) is 4.14. The SMILES string of the molecule is CON=C1c2cc(CC3CCN(C(=O)OC(C)(C)C)CC3)ccc2-c2ncnc(N)c2C1(C)C. The van der Waals surface area contributed by atoms with Crippen molar-refractivity contribution < 1.29 is 14.4 Å². The smallest absolute Gasteiger partial charge is 0.410 e. The van der Waals surface area contributed by atoms with Gasteiger partial charge in [-0.15, -0.1) is 0 Å². The molecule has 4 rings (SSSR count). The van der Waals surface area contributed by atoms with Crippen LogP contribution < -0.4 is 5.73 Å². The van der Waals surface area contributed by atoms with Crippen molar-refractivity contribution in [3.63, 3.8) is 0 Å². The second-order valence-electron chi connectivity index (χ2n) is 10.7. The van der Waals surface area contributed by atoms with E-state index in [1.165, 1.54) is 11.9 Å². The summed E-state index contributed by atoms with van der Waals surface area (Å²) < 4.78 is 5.53. The lowest BCUT2D eigenvalue weighted by atomic mass is 9.70. The standard InChI is InChI=1S/C26H35N5O3/c1-25(2,3)34-24(32)31-11-9-16(10-12-31)13-17-7-8-18-19(14-17)22(30-33-6)26(4,5)20-21(18)28-15-29-23(20)27/h7-8,14-16H,9-13H2,1-6H3,(H2,27,28,29). The van der Waals surface area contributed by atoms with Crippen LogP contribution in [-0.2, 0) is 21.4 Å². The maximum absolute atomic E-state index is 12.4. The number of hydrogen-bond donors (Lipinski definition) is 1. The van der Waals surface area contributed by atoms with Crippen molar-refractivity contribution >= 4 is 17.6 Å². The third-order valence-electron chi connectivity index (χ3n) is 6.66. The predicted molar refractivity (Wildman–Crippen MR) is 133 cm³/mol. The summed E-state index contributed by atoms with van der Waals surface area (Å²) >= 11 is 0. The summed E-state index contributed by atoms with van der Waals surface area (Å²) in [6, 6.07) is 6.46. The topological polar surface area (TPSA) is 103 Å². The Bertz CT molecular complexity index is 1110. The highest BCUT2D eigenvalue weighted by Gasteiger charge is 2.41. The average molecular weight is 466 g/mol. The fraction of sp³-hybridized carbons (Fsp3) is 0.538. The van der Waals surface area contributed by atoms with Gasteiger partial charge in [-0.05, 0) is 71.4 Å². The number of aromatic nitrogens is 2. The molecule has 1 aromatic heterocycles. The largest absolute Gasteiger partial charge is 0.444 e. The van der Waals surface area contributed by atoms with Crippen LogP contribution in [0.25, 0.3) is 11.3 Å². The molecule has 8 nitrogen and oxygen atoms in total. The first-order valence-electron chi connectivity index (χ1n) is 11.9. The van der Waals surface area contributed by atoms with Gasteiger partial charge in [-0.2, -0.15) is 0 Å². The molecule has 1 aromatic carbocycles. The molecule has 182 valence electrons. The Hall–Kier alpha value is -3.16. The van der Waals surface area contributed by atoms with Gasteiger partial charge in [0.15, 0.2) is 0 Å². The number of ether oxygens (including phenoxy) is 1. The molecule has 1 saturated heterocycles. The summed E-state index contributed by atoms with van der Waals surface area (Å²) in [7, 11) is 1.56. The van der Waals surface area contributed by atoms with Crippen LogP contribution in [-0.4, -0.2) is 52.5 Å². The number of amides is 1. The number of nitrogens with two attached hydrogens (primary N) is 1. The summed E-state index contributed by atoms with van der Waals surface area (Å²) in [5.41, 5.74) is 11.1. The number of rotatable bonds is 3. The molecule has 34 heavy (non-hydrogen) atoms. The van der Waals surface area contributed by atoms with Crippen LogP contribution in [0.15, 0.2) is 29.7 Å². The van der Waals surface area contributed by atoms with E-state index in [0.717, 1.165) is 60.4 Å². The third-order valence-corrected chi connectivity index (χ3v) is 6.66. The number of nitrogen functional groups attached to an aromatic ring is 1. The lowest BCUT2D eigenvalue weighted by molar-refractivity contribution is 0.0184. The molecule has 0 spiro atoms. The normalized spacial score (nSPS) is 18.9. The van der Waals surface area contributed by atoms with Gasteiger partial charge in [0.1, 0.15) is 24.9 Å². The van der Waals surface area contributed by atoms with E-state index in [1.807, 2.05) is 25.7 Å². The number of carbonyl (C=O) groups excluding carboxylic acids is 1. The first kappa shape index (κ1) is 24.0. The number of likely N-dealkylation sites (tertiary alicyclic amines) is 1. The van der Waals surface area contributed by atoms with Crippen LogP contribution in [0.1, 0.15) is 64.2 Å². The van der Waals surface area contributed by atoms with Gasteiger partial charge in [-0.1, -0.05) is 17.3 Å². The van der Waals surface area contributed by atoms with Crippen molar-refractivity contribution in [3.05, 3.63) is 41.2 Å². The first-order valence-corrected chi connectivity index (χ1v) is 11.9. The maximum atomic E-state index is 12.4. The van der Waals surface area contributed by atoms with Crippen LogP contribution >= 0.6 is 0 Å². The number of hydrogen-bond acceptors (Lipinski definition) is 7. The molecule has 1 aliphatic carbocycles. The summed E-state index contributed by atoms with van der Waals surface area (Å²) in [5.74, 6) is 0.965. The van der Waals surface area contributed by atoms with Crippen molar-refractivity contribution in [1.82, 2.24) is 14.9 Å². The zero-order valence-electron chi connectivity index (χ0n) is 21.0. The lowest BCUT2D eigenvalue weighted by Gasteiger charge is -2.35. The molecule has 1 amide bonds. The highest BCUT2D eigenvalue weighted by molar-refractivity contribution is 6.15. The second-order valence-corrected chi connectivity index (χ2v) is 10.7. The molecule has 2 N–H and O–H groups in total. The Kier molecular flexibility index (Phi) is 6.27. The van der Waals surface area contributed by atoms with E-state index >= 15 is 0 Å². The minimum absolute atomic E-state index is 0.220. The quantitative estimate of drug-likeness (QED) is 0.667. The highest BCUT2D eigenvalue weighted by atomic mass is 16.6. The van der Waals surface area contributed by atoms with Crippen molar-refractivity contribution in [3.8, 4) is 11.3 Å². The van der Waals surface area contributed by atoms with Gasteiger partial charge in [-0.25, -0.2) is 14.8 Å². The highest BCUT2D eigenvalue weighted by Crippen LogP contribution is 2.44. The lowest BCUT2D eigenvalue weighted by Crippen LogP contribution is -2.42. The zero-order chi connectivity index (χ0) is 24.7. The molecule has 2 aliphatic rings. The molecule has 1 fully saturated rings. The second kappa shape index (κ2) is 8.89. The predicted octanol–water partition coefficient (Wildman–Crippen LogP) is 4.56. The van der Waals surface area contributed by atoms with Crippen LogP contribution in [0.5, 0.6) is 0 Å². The van der Waals surface area contributed by atoms with E-state index < -0.39 is 11.0 Å². The molecule has 0 radical (unpaired) electrons. The number of carbonyl (C=O) groups is 1. The zero-order valence-corrected chi connectivity index (χ0v) is 21.0. The van der Waals surface area contributed by atoms with Crippen molar-refractivity contribution in [1.29, 1.82) is 0 Å². The van der Waals surface area contributed by atoms with Gasteiger partial charge in [0.25, 0.3) is 0 Å². The van der Waals surface area contributed by atoms with Crippen LogP contribution in [0.2, 0.25) is 0 Å². The minimum Gasteiger partial charge on any atom is -0.444 e. The van der Waals surface area contributed by atoms with Crippen molar-refractivity contribution in [2.75, 3.05) is 25.9 Å². The Balaban J connectivity index is 1.56. The van der Waals surface area contributed by atoms with Crippen molar-refractivity contribution in [2.24, 2.45) is 11.1 Å². The first-order chi connectivity index (χ1) is 16.0. The fourth-order valence-corrected chi connectivity index (χ4v) is 5.03. The Morgan fingerprint density at radius 1 is 1.21 bits per heavy atom. The molecule has 2 heterocycles. The van der Waals surface area contributed by atoms with Gasteiger partial charge in [0.2, 0.25) is 0 Å². The Morgan fingerprint density at radius 2 is 1.91 bits per heavy atom. The number of nitrogens with zero attached hydrogens (tertiary/aromatic N) is 4. The van der Waals surface area contributed by atoms with E-state index in [2.05, 4.69) is 47.2 Å². The van der Waals surface area contributed by atoms with Gasteiger partial charge in [-0.3, -0.25) is 0 Å². The van der Waals surface area contributed by atoms with E-state index in [9.17, 15) is 4.79 Å². The molecular weight excluding hydrogens is 430 g/mol. The monoisotopic (exact) mass is 465 g/mol. The molecule has 8 heteroatoms. The van der Waals surface area contributed by atoms with E-state index in [4.69, 9.17) is 15.3 Å². The molecule has 1 aliphatic heterocycles. The summed E-state index contributed by atoms with van der Waals surface area (Å²) in [6.45, 7) is 11.3. The van der Waals surface area contributed by atoms with E-state index in [0.29, 0.717) is 11.7 Å². The molecule has 2 aromatic rings. The molecule has 0 bridgehead atoms. The van der Waals surface area contributed by atoms with Crippen LogP contribution in [0.4, 0.5) is 10.6 Å². The third kappa shape index (κ3) is 4.58. The minimum atomic E-state index is -0.499. The molecule has 0 saturated carbocycles. The average Bonchev–Trinajstić information content (AvgIpc) is 2.75. The summed E-state index contributed by atoms with van der Waals surface area (Å²) in [5, 5.41) is 4.41. The van der Waals surface area contributed by atoms with Crippen LogP contribution in [0.3, 0.4) is 0 Å². The molecule has 0 atom stereocenters. The summed E-state index contributed by atoms with van der Waals surface area (Å²) in [4.78, 5) is 28.2. The number of anilines is 1. The van der Waals surface area contributed by atoms with Gasteiger partial charge in [0, 0.05) is 35.2 Å². The van der Waals surface area contributed by atoms with E-state index in [-0.39, 0.29) is 6.09 Å². The Labute approximate surface area is 201 Å². The Morgan fingerprint density at radius 3 is 2.56 bits per heavy atom. The van der Waals surface area contributed by atoms with Crippen molar-refractivity contribution in [2.45, 2.75) is 64.9 Å². The number of benzene rings is 1. The molecule has 0 unspecified atom stereocenters. The maximum Gasteiger partial charge on any atom is 0.410 e.